The SMILES string of the molecule is Cc1ccn(C(C)CN(C)C)c(=O)c1C(=O)NC1(C(N)=O)CCCC1. The van der Waals surface area contributed by atoms with Gasteiger partial charge in [0.05, 0.1) is 0 Å². The van der Waals surface area contributed by atoms with E-state index in [-0.39, 0.29) is 17.2 Å². The van der Waals surface area contributed by atoms with Gasteiger partial charge in [-0.2, -0.15) is 0 Å². The number of nitrogens with one attached hydrogen (secondary N) is 1. The van der Waals surface area contributed by atoms with Crippen molar-refractivity contribution in [1.29, 1.82) is 0 Å². The predicted octanol–water partition coefficient (Wildman–Crippen LogP) is 0.807. The first-order valence-electron chi connectivity index (χ1n) is 8.67. The molecule has 25 heavy (non-hydrogen) atoms. The number of pyridine rings is 1. The molecule has 0 aromatic carbocycles. The first-order valence-corrected chi connectivity index (χ1v) is 8.67. The molecule has 1 fully saturated rings. The summed E-state index contributed by atoms with van der Waals surface area (Å²) in [5.74, 6) is -1.05. The Morgan fingerprint density at radius 2 is 1.96 bits per heavy atom. The third-order valence-corrected chi connectivity index (χ3v) is 4.94. The van der Waals surface area contributed by atoms with Gasteiger partial charge in [0.2, 0.25) is 5.91 Å². The first kappa shape index (κ1) is 19.2. The molecule has 0 saturated heterocycles. The summed E-state index contributed by atoms with van der Waals surface area (Å²) in [6, 6.07) is 1.68. The fourth-order valence-corrected chi connectivity index (χ4v) is 3.57. The van der Waals surface area contributed by atoms with Crippen LogP contribution in [-0.4, -0.2) is 47.5 Å². The average Bonchev–Trinajstić information content (AvgIpc) is 2.96. The summed E-state index contributed by atoms with van der Waals surface area (Å²) in [5, 5.41) is 2.76. The van der Waals surface area contributed by atoms with Crippen LogP contribution in [0.25, 0.3) is 0 Å². The van der Waals surface area contributed by atoms with Crippen LogP contribution in [0.4, 0.5) is 0 Å². The molecule has 3 N–H and O–H groups in total. The van der Waals surface area contributed by atoms with Crippen LogP contribution in [0.1, 0.15) is 54.6 Å². The van der Waals surface area contributed by atoms with Gasteiger partial charge in [0.15, 0.2) is 0 Å². The van der Waals surface area contributed by atoms with E-state index in [0.717, 1.165) is 12.8 Å². The van der Waals surface area contributed by atoms with Gasteiger partial charge >= 0.3 is 0 Å². The van der Waals surface area contributed by atoms with Gasteiger partial charge in [-0.25, -0.2) is 0 Å². The maximum Gasteiger partial charge on any atom is 0.263 e. The molecule has 0 bridgehead atoms. The van der Waals surface area contributed by atoms with Gasteiger partial charge in [0, 0.05) is 18.8 Å². The third kappa shape index (κ3) is 3.92. The van der Waals surface area contributed by atoms with Crippen LogP contribution in [0, 0.1) is 6.92 Å². The van der Waals surface area contributed by atoms with E-state index in [1.54, 1.807) is 23.8 Å². The molecule has 1 aliphatic rings. The van der Waals surface area contributed by atoms with E-state index < -0.39 is 17.4 Å². The smallest absolute Gasteiger partial charge is 0.263 e. The molecular weight excluding hydrogens is 320 g/mol. The highest BCUT2D eigenvalue weighted by Gasteiger charge is 2.41. The molecule has 2 amide bonds. The van der Waals surface area contributed by atoms with Gasteiger partial charge in [-0.05, 0) is 52.4 Å². The number of carbonyl (C=O) groups excluding carboxylic acids is 2. The van der Waals surface area contributed by atoms with E-state index in [2.05, 4.69) is 5.32 Å². The maximum absolute atomic E-state index is 12.9. The molecule has 7 nitrogen and oxygen atoms in total. The Kier molecular flexibility index (Phi) is 5.67. The zero-order valence-corrected chi connectivity index (χ0v) is 15.5. The summed E-state index contributed by atoms with van der Waals surface area (Å²) in [7, 11) is 3.86. The van der Waals surface area contributed by atoms with E-state index in [9.17, 15) is 14.4 Å². The molecular formula is C18H28N4O3. The molecule has 7 heteroatoms. The third-order valence-electron chi connectivity index (χ3n) is 4.94. The van der Waals surface area contributed by atoms with Crippen molar-refractivity contribution in [2.45, 2.75) is 51.1 Å². The van der Waals surface area contributed by atoms with Crippen LogP contribution in [0.2, 0.25) is 0 Å². The average molecular weight is 348 g/mol. The summed E-state index contributed by atoms with van der Waals surface area (Å²) < 4.78 is 1.56. The van der Waals surface area contributed by atoms with Crippen molar-refractivity contribution >= 4 is 11.8 Å². The van der Waals surface area contributed by atoms with Gasteiger partial charge < -0.3 is 20.5 Å². The minimum Gasteiger partial charge on any atom is -0.368 e. The van der Waals surface area contributed by atoms with Crippen molar-refractivity contribution in [3.8, 4) is 0 Å². The Bertz CT molecular complexity index is 718. The van der Waals surface area contributed by atoms with Crippen LogP contribution in [0.5, 0.6) is 0 Å². The summed E-state index contributed by atoms with van der Waals surface area (Å²) in [6.45, 7) is 4.33. The molecule has 1 aliphatic carbocycles. The normalized spacial score (nSPS) is 17.5. The van der Waals surface area contributed by atoms with E-state index in [1.807, 2.05) is 25.9 Å². The Labute approximate surface area is 148 Å². The van der Waals surface area contributed by atoms with Crippen molar-refractivity contribution in [3.63, 3.8) is 0 Å². The fraction of sp³-hybridized carbons (Fsp3) is 0.611. The van der Waals surface area contributed by atoms with Crippen LogP contribution in [0.15, 0.2) is 17.1 Å². The molecule has 138 valence electrons. The Morgan fingerprint density at radius 1 is 1.36 bits per heavy atom. The topological polar surface area (TPSA) is 97.4 Å². The first-order chi connectivity index (χ1) is 11.7. The molecule has 1 saturated carbocycles. The maximum atomic E-state index is 12.9. The van der Waals surface area contributed by atoms with Crippen molar-refractivity contribution in [3.05, 3.63) is 33.7 Å². The van der Waals surface area contributed by atoms with E-state index in [1.165, 1.54) is 0 Å². The number of aromatic nitrogens is 1. The number of hydrogen-bond donors (Lipinski definition) is 2. The molecule has 1 aromatic rings. The highest BCUT2D eigenvalue weighted by Crippen LogP contribution is 2.29. The number of primary amides is 1. The highest BCUT2D eigenvalue weighted by atomic mass is 16.2. The zero-order valence-electron chi connectivity index (χ0n) is 15.5. The number of carbonyl (C=O) groups is 2. The van der Waals surface area contributed by atoms with Gasteiger partial charge in [-0.3, -0.25) is 14.4 Å². The minimum atomic E-state index is -1.04. The lowest BCUT2D eigenvalue weighted by molar-refractivity contribution is -0.123. The highest BCUT2D eigenvalue weighted by molar-refractivity contribution is 5.99. The molecule has 1 heterocycles. The number of amides is 2. The summed E-state index contributed by atoms with van der Waals surface area (Å²) >= 11 is 0. The van der Waals surface area contributed by atoms with Crippen LogP contribution < -0.4 is 16.6 Å². The number of nitrogens with zero attached hydrogens (tertiary/aromatic N) is 2. The number of aryl methyl sites for hydroxylation is 1. The second-order valence-corrected chi connectivity index (χ2v) is 7.31. The van der Waals surface area contributed by atoms with Gasteiger partial charge in [-0.1, -0.05) is 12.8 Å². The monoisotopic (exact) mass is 348 g/mol. The molecule has 0 spiro atoms. The number of hydrogen-bond acceptors (Lipinski definition) is 4. The van der Waals surface area contributed by atoms with Crippen molar-refractivity contribution < 1.29 is 9.59 Å². The predicted molar refractivity (Wildman–Crippen MR) is 96.6 cm³/mol. The van der Waals surface area contributed by atoms with E-state index in [4.69, 9.17) is 5.73 Å². The lowest BCUT2D eigenvalue weighted by Gasteiger charge is -2.27. The summed E-state index contributed by atoms with van der Waals surface area (Å²) in [5.41, 5.74) is 4.82. The summed E-state index contributed by atoms with van der Waals surface area (Å²) in [6.07, 6.45) is 4.42. The Balaban J connectivity index is 2.36. The van der Waals surface area contributed by atoms with Crippen molar-refractivity contribution in [1.82, 2.24) is 14.8 Å². The molecule has 2 rings (SSSR count). The van der Waals surface area contributed by atoms with E-state index >= 15 is 0 Å². The Hall–Kier alpha value is -2.15. The van der Waals surface area contributed by atoms with E-state index in [0.29, 0.717) is 24.9 Å². The van der Waals surface area contributed by atoms with Crippen LogP contribution in [-0.2, 0) is 4.79 Å². The second-order valence-electron chi connectivity index (χ2n) is 7.31. The van der Waals surface area contributed by atoms with Gasteiger partial charge in [0.1, 0.15) is 11.1 Å². The van der Waals surface area contributed by atoms with Crippen molar-refractivity contribution in [2.24, 2.45) is 5.73 Å². The molecule has 1 atom stereocenters. The zero-order chi connectivity index (χ0) is 18.8. The van der Waals surface area contributed by atoms with Crippen LogP contribution in [0.3, 0.4) is 0 Å². The quantitative estimate of drug-likeness (QED) is 0.795. The molecule has 0 radical (unpaired) electrons. The second kappa shape index (κ2) is 7.39. The summed E-state index contributed by atoms with van der Waals surface area (Å²) in [4.78, 5) is 39.5. The van der Waals surface area contributed by atoms with Gasteiger partial charge in [0.25, 0.3) is 11.5 Å². The minimum absolute atomic E-state index is 0.0776. The lowest BCUT2D eigenvalue weighted by atomic mass is 9.95. The molecule has 1 aromatic heterocycles. The van der Waals surface area contributed by atoms with Crippen LogP contribution >= 0.6 is 0 Å². The molecule has 1 unspecified atom stereocenters. The van der Waals surface area contributed by atoms with Crippen molar-refractivity contribution in [2.75, 3.05) is 20.6 Å². The van der Waals surface area contributed by atoms with Gasteiger partial charge in [-0.15, -0.1) is 0 Å². The largest absolute Gasteiger partial charge is 0.368 e. The standard InChI is InChI=1S/C18H28N4O3/c1-12-7-10-22(13(2)11-21(3)4)16(24)14(12)15(23)20-18(17(19)25)8-5-6-9-18/h7,10,13H,5-6,8-9,11H2,1-4H3,(H2,19,25)(H,20,23). The number of rotatable bonds is 6. The Morgan fingerprint density at radius 3 is 2.48 bits per heavy atom. The fourth-order valence-electron chi connectivity index (χ4n) is 3.57. The lowest BCUT2D eigenvalue weighted by Crippen LogP contribution is -2.56. The number of nitrogens with two attached hydrogens (primary N) is 1. The molecule has 0 aliphatic heterocycles. The number of likely N-dealkylation sites (N-methyl/N-ethyl adjacent to an activating group) is 1.